The molecule has 0 N–H and O–H groups in total. The zero-order valence-corrected chi connectivity index (χ0v) is 27.6. The summed E-state index contributed by atoms with van der Waals surface area (Å²) in [7, 11) is 0. The van der Waals surface area contributed by atoms with E-state index in [2.05, 4.69) is 91.0 Å². The van der Waals surface area contributed by atoms with Crippen molar-refractivity contribution in [1.82, 2.24) is 15.0 Å². The van der Waals surface area contributed by atoms with Gasteiger partial charge in [-0.1, -0.05) is 140 Å². The zero-order chi connectivity index (χ0) is 33.0. The van der Waals surface area contributed by atoms with Gasteiger partial charge < -0.3 is 4.42 Å². The molecule has 234 valence electrons. The molecule has 7 aromatic carbocycles. The quantitative estimate of drug-likeness (QED) is 0.185. The summed E-state index contributed by atoms with van der Waals surface area (Å²) in [6, 6.07) is 56.7. The third-order valence-electron chi connectivity index (χ3n) is 9.36. The molecule has 0 saturated carbocycles. The fourth-order valence-corrected chi connectivity index (χ4v) is 8.31. The van der Waals surface area contributed by atoms with Crippen LogP contribution in [0.15, 0.2) is 168 Å². The summed E-state index contributed by atoms with van der Waals surface area (Å²) in [4.78, 5) is 15.1. The second-order valence-electron chi connectivity index (χ2n) is 12.3. The molecule has 0 radical (unpaired) electrons. The Morgan fingerprint density at radius 2 is 0.920 bits per heavy atom. The van der Waals surface area contributed by atoms with Crippen molar-refractivity contribution in [3.05, 3.63) is 164 Å². The third-order valence-corrected chi connectivity index (χ3v) is 10.6. The zero-order valence-electron chi connectivity index (χ0n) is 26.7. The van der Waals surface area contributed by atoms with Gasteiger partial charge in [0.05, 0.1) is 0 Å². The minimum absolute atomic E-state index is 0.654. The van der Waals surface area contributed by atoms with Gasteiger partial charge in [-0.25, -0.2) is 15.0 Å². The van der Waals surface area contributed by atoms with E-state index in [1.807, 2.05) is 72.8 Å². The molecule has 50 heavy (non-hydrogen) atoms. The van der Waals surface area contributed by atoms with E-state index in [0.29, 0.717) is 17.5 Å². The molecule has 0 aliphatic rings. The second-order valence-corrected chi connectivity index (χ2v) is 13.4. The largest absolute Gasteiger partial charge is 0.455 e. The molecule has 3 aromatic heterocycles. The number of hydrogen-bond donors (Lipinski definition) is 0. The SMILES string of the molecule is c1ccc(-c2nc(-c3ccccc3)nc(-c3cccc4c3sc3cccc(-c5ccc(-c6ccccc6)c6oc7ccccc7c56)c34)n2)cc1. The number of para-hydroxylation sites is 1. The highest BCUT2D eigenvalue weighted by atomic mass is 32.1. The van der Waals surface area contributed by atoms with Crippen LogP contribution in [-0.2, 0) is 0 Å². The van der Waals surface area contributed by atoms with Crippen molar-refractivity contribution < 1.29 is 4.42 Å². The molecule has 0 amide bonds. The van der Waals surface area contributed by atoms with Gasteiger partial charge in [-0.3, -0.25) is 0 Å². The van der Waals surface area contributed by atoms with Crippen LogP contribution >= 0.6 is 11.3 Å². The molecule has 0 unspecified atom stereocenters. The molecule has 10 rings (SSSR count). The summed E-state index contributed by atoms with van der Waals surface area (Å²) in [5.41, 5.74) is 9.23. The van der Waals surface area contributed by atoms with E-state index in [1.165, 1.54) is 21.0 Å². The van der Waals surface area contributed by atoms with Crippen LogP contribution in [0, 0.1) is 0 Å². The monoisotopic (exact) mass is 657 g/mol. The van der Waals surface area contributed by atoms with Gasteiger partial charge in [0.2, 0.25) is 0 Å². The minimum Gasteiger partial charge on any atom is -0.455 e. The van der Waals surface area contributed by atoms with Crippen molar-refractivity contribution in [2.45, 2.75) is 0 Å². The molecule has 3 heterocycles. The Morgan fingerprint density at radius 1 is 0.380 bits per heavy atom. The highest BCUT2D eigenvalue weighted by Crippen LogP contribution is 2.47. The standard InChI is InChI=1S/C45H27N3OS/c1-4-14-28(15-5-1)31-26-27-33(40-34-20-10-11-24-37(34)49-41(31)40)32-21-13-25-38-39(32)35-22-12-23-36(42(35)50-38)45-47-43(29-16-6-2-7-17-29)46-44(48-45)30-18-8-3-9-19-30/h1-27H. The Hall–Kier alpha value is -6.43. The molecular weight excluding hydrogens is 631 g/mol. The number of nitrogens with zero attached hydrogens (tertiary/aromatic N) is 3. The fraction of sp³-hybridized carbons (Fsp3) is 0. The Morgan fingerprint density at radius 3 is 1.64 bits per heavy atom. The number of benzene rings is 7. The smallest absolute Gasteiger partial charge is 0.165 e. The Balaban J connectivity index is 1.22. The first-order valence-corrected chi connectivity index (χ1v) is 17.4. The Bertz CT molecular complexity index is 2800. The molecule has 0 spiro atoms. The predicted molar refractivity (Wildman–Crippen MR) is 207 cm³/mol. The summed E-state index contributed by atoms with van der Waals surface area (Å²) in [5, 5.41) is 4.63. The van der Waals surface area contributed by atoms with E-state index in [1.54, 1.807) is 11.3 Å². The van der Waals surface area contributed by atoms with E-state index in [4.69, 9.17) is 19.4 Å². The van der Waals surface area contributed by atoms with Crippen molar-refractivity contribution in [2.75, 3.05) is 0 Å². The average molecular weight is 658 g/mol. The van der Waals surface area contributed by atoms with Crippen LogP contribution in [0.5, 0.6) is 0 Å². The number of furan rings is 1. The molecule has 0 atom stereocenters. The van der Waals surface area contributed by atoms with Crippen LogP contribution in [-0.4, -0.2) is 15.0 Å². The maximum atomic E-state index is 6.63. The molecule has 4 nitrogen and oxygen atoms in total. The van der Waals surface area contributed by atoms with Gasteiger partial charge in [-0.05, 0) is 41.0 Å². The van der Waals surface area contributed by atoms with E-state index in [0.717, 1.165) is 60.0 Å². The summed E-state index contributed by atoms with van der Waals surface area (Å²) in [6.07, 6.45) is 0. The normalized spacial score (nSPS) is 11.6. The number of hydrogen-bond acceptors (Lipinski definition) is 5. The van der Waals surface area contributed by atoms with Gasteiger partial charge >= 0.3 is 0 Å². The molecule has 5 heteroatoms. The van der Waals surface area contributed by atoms with Crippen molar-refractivity contribution in [2.24, 2.45) is 0 Å². The van der Waals surface area contributed by atoms with Crippen molar-refractivity contribution >= 4 is 53.4 Å². The molecule has 0 fully saturated rings. The van der Waals surface area contributed by atoms with Gasteiger partial charge in [-0.15, -0.1) is 11.3 Å². The third kappa shape index (κ3) is 4.63. The number of fused-ring (bicyclic) bond motifs is 6. The van der Waals surface area contributed by atoms with Gasteiger partial charge in [0.15, 0.2) is 17.5 Å². The number of aromatic nitrogens is 3. The van der Waals surface area contributed by atoms with Crippen LogP contribution in [0.1, 0.15) is 0 Å². The van der Waals surface area contributed by atoms with Crippen molar-refractivity contribution in [3.8, 4) is 56.4 Å². The van der Waals surface area contributed by atoms with Crippen LogP contribution in [0.2, 0.25) is 0 Å². The highest BCUT2D eigenvalue weighted by molar-refractivity contribution is 7.26. The van der Waals surface area contributed by atoms with Crippen LogP contribution in [0.4, 0.5) is 0 Å². The van der Waals surface area contributed by atoms with Gasteiger partial charge in [0.1, 0.15) is 11.2 Å². The van der Waals surface area contributed by atoms with Gasteiger partial charge in [0.25, 0.3) is 0 Å². The van der Waals surface area contributed by atoms with E-state index in [9.17, 15) is 0 Å². The summed E-state index contributed by atoms with van der Waals surface area (Å²) < 4.78 is 8.99. The highest BCUT2D eigenvalue weighted by Gasteiger charge is 2.21. The summed E-state index contributed by atoms with van der Waals surface area (Å²) in [5.74, 6) is 1.97. The predicted octanol–water partition coefficient (Wildman–Crippen LogP) is 12.5. The molecular formula is C45H27N3OS. The minimum atomic E-state index is 0.654. The fourth-order valence-electron chi connectivity index (χ4n) is 7.08. The maximum Gasteiger partial charge on any atom is 0.165 e. The summed E-state index contributed by atoms with van der Waals surface area (Å²) >= 11 is 1.78. The molecule has 0 aliphatic heterocycles. The Labute approximate surface area is 292 Å². The van der Waals surface area contributed by atoms with Crippen LogP contribution in [0.25, 0.3) is 98.5 Å². The number of rotatable bonds is 5. The molecule has 10 aromatic rings. The van der Waals surface area contributed by atoms with E-state index in [-0.39, 0.29) is 0 Å². The lowest BCUT2D eigenvalue weighted by atomic mass is 9.92. The van der Waals surface area contributed by atoms with Crippen molar-refractivity contribution in [1.29, 1.82) is 0 Å². The lowest BCUT2D eigenvalue weighted by molar-refractivity contribution is 0.670. The topological polar surface area (TPSA) is 51.8 Å². The first-order valence-electron chi connectivity index (χ1n) is 16.6. The molecule has 0 aliphatic carbocycles. The second kappa shape index (κ2) is 11.6. The van der Waals surface area contributed by atoms with Gasteiger partial charge in [-0.2, -0.15) is 0 Å². The van der Waals surface area contributed by atoms with E-state index >= 15 is 0 Å². The molecule has 0 saturated heterocycles. The average Bonchev–Trinajstić information content (AvgIpc) is 3.78. The maximum absolute atomic E-state index is 6.63. The van der Waals surface area contributed by atoms with E-state index < -0.39 is 0 Å². The first-order chi connectivity index (χ1) is 24.8. The van der Waals surface area contributed by atoms with Crippen molar-refractivity contribution in [3.63, 3.8) is 0 Å². The lowest BCUT2D eigenvalue weighted by Crippen LogP contribution is -2.00. The lowest BCUT2D eigenvalue weighted by Gasteiger charge is -2.10. The van der Waals surface area contributed by atoms with Crippen LogP contribution < -0.4 is 0 Å². The summed E-state index contributed by atoms with van der Waals surface area (Å²) in [6.45, 7) is 0. The number of thiophene rings is 1. The molecule has 0 bridgehead atoms. The first kappa shape index (κ1) is 28.6. The van der Waals surface area contributed by atoms with Gasteiger partial charge in [0, 0.05) is 53.2 Å². The Kier molecular flexibility index (Phi) is 6.64. The van der Waals surface area contributed by atoms with Crippen LogP contribution in [0.3, 0.4) is 0 Å².